The number of para-hydroxylation sites is 1. The Morgan fingerprint density at radius 1 is 1.37 bits per heavy atom. The number of rotatable bonds is 7. The van der Waals surface area contributed by atoms with Crippen LogP contribution < -0.4 is 0 Å². The summed E-state index contributed by atoms with van der Waals surface area (Å²) in [6.07, 6.45) is 2.40. The van der Waals surface area contributed by atoms with Crippen molar-refractivity contribution in [3.63, 3.8) is 0 Å². The van der Waals surface area contributed by atoms with Crippen molar-refractivity contribution >= 4 is 39.2 Å². The smallest absolute Gasteiger partial charge is 0.233 e. The molecular weight excluding hydrogens is 378 g/mol. The lowest BCUT2D eigenvalue weighted by molar-refractivity contribution is -0.128. The third-order valence-electron chi connectivity index (χ3n) is 4.97. The van der Waals surface area contributed by atoms with Crippen molar-refractivity contribution < 1.29 is 4.79 Å². The van der Waals surface area contributed by atoms with Gasteiger partial charge in [0.1, 0.15) is 10.8 Å². The molecule has 1 fully saturated rings. The fourth-order valence-electron chi connectivity index (χ4n) is 3.03. The zero-order chi connectivity index (χ0) is 19.0. The largest absolute Gasteiger partial charge is 0.336 e. The number of thioether (sulfide) groups is 1. The molecule has 142 valence electrons. The third-order valence-corrected chi connectivity index (χ3v) is 7.13. The topological polar surface area (TPSA) is 63.9 Å². The van der Waals surface area contributed by atoms with Gasteiger partial charge in [0.25, 0.3) is 0 Å². The number of fused-ring (bicyclic) bond motifs is 1. The van der Waals surface area contributed by atoms with Gasteiger partial charge in [0.05, 0.1) is 22.0 Å². The van der Waals surface area contributed by atoms with E-state index in [1.54, 1.807) is 16.2 Å². The van der Waals surface area contributed by atoms with Crippen molar-refractivity contribution in [1.82, 2.24) is 24.6 Å². The molecule has 1 aromatic carbocycles. The molecule has 1 aliphatic carbocycles. The number of nitrogens with zero attached hydrogens (tertiary/aromatic N) is 5. The fourth-order valence-corrected chi connectivity index (χ4v) is 5.02. The maximum Gasteiger partial charge on any atom is 0.233 e. The van der Waals surface area contributed by atoms with Gasteiger partial charge in [0.15, 0.2) is 5.16 Å². The Kier molecular flexibility index (Phi) is 5.19. The summed E-state index contributed by atoms with van der Waals surface area (Å²) in [5, 5.41) is 10.4. The first-order chi connectivity index (χ1) is 13.1. The van der Waals surface area contributed by atoms with Crippen LogP contribution in [0.5, 0.6) is 0 Å². The summed E-state index contributed by atoms with van der Waals surface area (Å²) in [5.74, 6) is 2.06. The molecule has 1 saturated carbocycles. The molecule has 0 unspecified atom stereocenters. The second-order valence-corrected chi connectivity index (χ2v) is 8.85. The summed E-state index contributed by atoms with van der Waals surface area (Å²) < 4.78 is 3.30. The van der Waals surface area contributed by atoms with Gasteiger partial charge in [-0.2, -0.15) is 0 Å². The fraction of sp³-hybridized carbons (Fsp3) is 0.474. The lowest BCUT2D eigenvalue weighted by Gasteiger charge is -2.23. The second kappa shape index (κ2) is 7.59. The Hall–Kier alpha value is -1.93. The molecule has 2 heterocycles. The van der Waals surface area contributed by atoms with Gasteiger partial charge >= 0.3 is 0 Å². The molecule has 27 heavy (non-hydrogen) atoms. The molecular formula is C19H23N5OS2. The highest BCUT2D eigenvalue weighted by Gasteiger charge is 2.30. The number of hydrogen-bond acceptors (Lipinski definition) is 6. The van der Waals surface area contributed by atoms with E-state index in [-0.39, 0.29) is 11.9 Å². The Morgan fingerprint density at radius 2 is 2.15 bits per heavy atom. The highest BCUT2D eigenvalue weighted by Crippen LogP contribution is 2.40. The summed E-state index contributed by atoms with van der Waals surface area (Å²) in [4.78, 5) is 19.2. The molecule has 4 rings (SSSR count). The zero-order valence-corrected chi connectivity index (χ0v) is 17.4. The molecule has 0 aliphatic heterocycles. The van der Waals surface area contributed by atoms with Crippen molar-refractivity contribution in [2.45, 2.75) is 50.4 Å². The summed E-state index contributed by atoms with van der Waals surface area (Å²) in [6.45, 7) is 4.97. The first kappa shape index (κ1) is 18.4. The van der Waals surface area contributed by atoms with E-state index in [0.717, 1.165) is 32.7 Å². The molecule has 1 amide bonds. The number of thiazole rings is 1. The van der Waals surface area contributed by atoms with Crippen molar-refractivity contribution in [2.75, 3.05) is 12.8 Å². The van der Waals surface area contributed by atoms with Crippen LogP contribution in [0.3, 0.4) is 0 Å². The van der Waals surface area contributed by atoms with E-state index in [2.05, 4.69) is 32.7 Å². The van der Waals surface area contributed by atoms with Crippen LogP contribution in [-0.4, -0.2) is 43.4 Å². The van der Waals surface area contributed by atoms with Crippen LogP contribution in [0.15, 0.2) is 29.4 Å². The van der Waals surface area contributed by atoms with Gasteiger partial charge in [-0.05, 0) is 38.8 Å². The van der Waals surface area contributed by atoms with Crippen molar-refractivity contribution in [1.29, 1.82) is 0 Å². The van der Waals surface area contributed by atoms with E-state index < -0.39 is 0 Å². The molecule has 3 aromatic rings. The lowest BCUT2D eigenvalue weighted by Crippen LogP contribution is -2.31. The van der Waals surface area contributed by atoms with Gasteiger partial charge < -0.3 is 9.47 Å². The van der Waals surface area contributed by atoms with Crippen LogP contribution in [0.2, 0.25) is 0 Å². The molecule has 1 aliphatic rings. The van der Waals surface area contributed by atoms with Crippen LogP contribution in [-0.2, 0) is 11.3 Å². The van der Waals surface area contributed by atoms with Crippen LogP contribution >= 0.6 is 23.1 Å². The van der Waals surface area contributed by atoms with Crippen molar-refractivity contribution in [3.8, 4) is 0 Å². The molecule has 0 N–H and O–H groups in total. The second-order valence-electron chi connectivity index (χ2n) is 6.85. The molecule has 0 bridgehead atoms. The Balaban J connectivity index is 1.41. The molecule has 6 nitrogen and oxygen atoms in total. The predicted octanol–water partition coefficient (Wildman–Crippen LogP) is 4.10. The Bertz CT molecular complexity index is 929. The summed E-state index contributed by atoms with van der Waals surface area (Å²) in [5.41, 5.74) is 0.989. The maximum atomic E-state index is 12.7. The van der Waals surface area contributed by atoms with E-state index in [1.807, 2.05) is 32.2 Å². The van der Waals surface area contributed by atoms with Gasteiger partial charge in [-0.25, -0.2) is 4.98 Å². The van der Waals surface area contributed by atoms with Gasteiger partial charge in [-0.3, -0.25) is 4.79 Å². The minimum atomic E-state index is -0.0541. The first-order valence-corrected chi connectivity index (χ1v) is 11.1. The van der Waals surface area contributed by atoms with Crippen molar-refractivity contribution in [2.24, 2.45) is 0 Å². The number of carbonyl (C=O) groups excluding carboxylic acids is 1. The predicted molar refractivity (Wildman–Crippen MR) is 109 cm³/mol. The SMILES string of the molecule is CCn1c(SCC(=O)N(C)[C@@H](C)c2nc3ccccc3s2)nnc1C1CC1. The van der Waals surface area contributed by atoms with Crippen molar-refractivity contribution in [3.05, 3.63) is 35.1 Å². The minimum absolute atomic E-state index is 0.0541. The molecule has 0 radical (unpaired) electrons. The minimum Gasteiger partial charge on any atom is -0.336 e. The average molecular weight is 402 g/mol. The van der Waals surface area contributed by atoms with Crippen LogP contribution in [0.25, 0.3) is 10.2 Å². The van der Waals surface area contributed by atoms with Gasteiger partial charge in [-0.1, -0.05) is 23.9 Å². The standard InChI is InChI=1S/C19H23N5OS2/c1-4-24-17(13-9-10-13)21-22-19(24)26-11-16(25)23(3)12(2)18-20-14-7-5-6-8-15(14)27-18/h5-8,12-13H,4,9-11H2,1-3H3/t12-/m0/s1. The van der Waals surface area contributed by atoms with Gasteiger partial charge in [-0.15, -0.1) is 21.5 Å². The van der Waals surface area contributed by atoms with E-state index in [1.165, 1.54) is 24.6 Å². The Morgan fingerprint density at radius 3 is 2.85 bits per heavy atom. The first-order valence-electron chi connectivity index (χ1n) is 9.25. The average Bonchev–Trinajstić information content (AvgIpc) is 3.30. The van der Waals surface area contributed by atoms with Gasteiger partial charge in [0.2, 0.25) is 5.91 Å². The zero-order valence-electron chi connectivity index (χ0n) is 15.8. The molecule has 2 aromatic heterocycles. The Labute approximate surface area is 167 Å². The number of benzene rings is 1. The van der Waals surface area contributed by atoms with E-state index in [9.17, 15) is 4.79 Å². The number of aromatic nitrogens is 4. The van der Waals surface area contributed by atoms with Gasteiger partial charge in [0, 0.05) is 19.5 Å². The number of carbonyl (C=O) groups is 1. The molecule has 0 spiro atoms. The maximum absolute atomic E-state index is 12.7. The summed E-state index contributed by atoms with van der Waals surface area (Å²) in [7, 11) is 1.85. The van der Waals surface area contributed by atoms with E-state index in [4.69, 9.17) is 0 Å². The molecule has 0 saturated heterocycles. The third kappa shape index (κ3) is 3.73. The normalized spacial score (nSPS) is 15.2. The van der Waals surface area contributed by atoms with Crippen LogP contribution in [0, 0.1) is 0 Å². The van der Waals surface area contributed by atoms with Crippen LogP contribution in [0.4, 0.5) is 0 Å². The van der Waals surface area contributed by atoms with Crippen LogP contribution in [0.1, 0.15) is 49.5 Å². The highest BCUT2D eigenvalue weighted by atomic mass is 32.2. The van der Waals surface area contributed by atoms with E-state index in [0.29, 0.717) is 11.7 Å². The summed E-state index contributed by atoms with van der Waals surface area (Å²) in [6, 6.07) is 8.02. The molecule has 1 atom stereocenters. The highest BCUT2D eigenvalue weighted by molar-refractivity contribution is 7.99. The quantitative estimate of drug-likeness (QED) is 0.558. The number of hydrogen-bond donors (Lipinski definition) is 0. The van der Waals surface area contributed by atoms with E-state index >= 15 is 0 Å². The monoisotopic (exact) mass is 401 g/mol. The lowest BCUT2D eigenvalue weighted by atomic mass is 10.3. The number of amides is 1. The summed E-state index contributed by atoms with van der Waals surface area (Å²) >= 11 is 3.12. The molecule has 8 heteroatoms.